The van der Waals surface area contributed by atoms with Gasteiger partial charge in [-0.1, -0.05) is 60.7 Å². The summed E-state index contributed by atoms with van der Waals surface area (Å²) in [5.41, 5.74) is 5.60. The van der Waals surface area contributed by atoms with Crippen molar-refractivity contribution < 1.29 is 0 Å². The van der Waals surface area contributed by atoms with E-state index in [-0.39, 0.29) is 5.56 Å². The molecule has 0 saturated carbocycles. The zero-order valence-corrected chi connectivity index (χ0v) is 18.7. The molecule has 0 aliphatic carbocycles. The Labute approximate surface area is 197 Å². The van der Waals surface area contributed by atoms with Crippen LogP contribution in [0.5, 0.6) is 0 Å². The van der Waals surface area contributed by atoms with Crippen molar-refractivity contribution in [2.75, 3.05) is 18.4 Å². The van der Waals surface area contributed by atoms with E-state index in [2.05, 4.69) is 44.9 Å². The van der Waals surface area contributed by atoms with Crippen molar-refractivity contribution >= 4 is 16.7 Å². The smallest absolute Gasteiger partial charge is 0.257 e. The number of nitrogens with one attached hydrogen (secondary N) is 3. The maximum atomic E-state index is 12.4. The summed E-state index contributed by atoms with van der Waals surface area (Å²) in [4.78, 5) is 24.3. The molecule has 0 spiro atoms. The number of hydrogen-bond donors (Lipinski definition) is 3. The highest BCUT2D eigenvalue weighted by Gasteiger charge is 2.13. The van der Waals surface area contributed by atoms with Crippen LogP contribution >= 0.6 is 0 Å². The van der Waals surface area contributed by atoms with E-state index in [1.165, 1.54) is 5.56 Å². The fourth-order valence-corrected chi connectivity index (χ4v) is 3.93. The van der Waals surface area contributed by atoms with Crippen LogP contribution in [0.2, 0.25) is 0 Å². The molecule has 0 unspecified atom stereocenters. The lowest BCUT2D eigenvalue weighted by molar-refractivity contribution is 0.706. The lowest BCUT2D eigenvalue weighted by atomic mass is 9.97. The van der Waals surface area contributed by atoms with E-state index >= 15 is 0 Å². The van der Waals surface area contributed by atoms with Gasteiger partial charge in [-0.15, -0.1) is 0 Å². The largest absolute Gasteiger partial charge is 0.369 e. The Kier molecular flexibility index (Phi) is 6.40. The molecule has 0 fully saturated rings. The van der Waals surface area contributed by atoms with Crippen molar-refractivity contribution in [3.8, 4) is 22.4 Å². The van der Waals surface area contributed by atoms with Gasteiger partial charge in [0.1, 0.15) is 5.82 Å². The molecular weight excluding hydrogens is 422 g/mol. The predicted octanol–water partition coefficient (Wildman–Crippen LogP) is 4.85. The molecule has 5 aromatic rings. The van der Waals surface area contributed by atoms with E-state index in [1.54, 1.807) is 12.4 Å². The normalized spacial score (nSPS) is 10.9. The number of aromatic nitrogens is 3. The Morgan fingerprint density at radius 2 is 1.65 bits per heavy atom. The molecule has 34 heavy (non-hydrogen) atoms. The fraction of sp³-hybridized carbons (Fsp3) is 0.107. The van der Waals surface area contributed by atoms with Crippen molar-refractivity contribution in [2.24, 2.45) is 0 Å². The van der Waals surface area contributed by atoms with E-state index in [1.807, 2.05) is 60.7 Å². The van der Waals surface area contributed by atoms with Gasteiger partial charge in [-0.2, -0.15) is 0 Å². The third kappa shape index (κ3) is 4.87. The average Bonchev–Trinajstić information content (AvgIpc) is 2.90. The zero-order chi connectivity index (χ0) is 23.2. The number of aromatic amines is 1. The zero-order valence-electron chi connectivity index (χ0n) is 18.7. The molecule has 6 nitrogen and oxygen atoms in total. The van der Waals surface area contributed by atoms with Gasteiger partial charge < -0.3 is 15.6 Å². The summed E-state index contributed by atoms with van der Waals surface area (Å²) in [5, 5.41) is 7.34. The molecule has 3 heterocycles. The maximum absolute atomic E-state index is 12.4. The van der Waals surface area contributed by atoms with E-state index in [9.17, 15) is 4.79 Å². The maximum Gasteiger partial charge on any atom is 0.257 e. The third-order valence-electron chi connectivity index (χ3n) is 5.67. The van der Waals surface area contributed by atoms with Gasteiger partial charge in [-0.05, 0) is 35.4 Å². The highest BCUT2D eigenvalue weighted by molar-refractivity contribution is 5.91. The molecule has 0 atom stereocenters. The lowest BCUT2D eigenvalue weighted by Gasteiger charge is -2.12. The molecule has 0 bridgehead atoms. The van der Waals surface area contributed by atoms with Gasteiger partial charge in [-0.25, -0.2) is 9.97 Å². The Morgan fingerprint density at radius 1 is 0.824 bits per heavy atom. The molecular formula is C28H25N5O. The lowest BCUT2D eigenvalue weighted by Crippen LogP contribution is -2.22. The quantitative estimate of drug-likeness (QED) is 0.296. The van der Waals surface area contributed by atoms with Gasteiger partial charge in [0.15, 0.2) is 0 Å². The molecule has 0 aliphatic heterocycles. The Morgan fingerprint density at radius 3 is 2.44 bits per heavy atom. The second kappa shape index (κ2) is 10.1. The first-order valence-corrected chi connectivity index (χ1v) is 11.3. The van der Waals surface area contributed by atoms with E-state index in [4.69, 9.17) is 4.98 Å². The summed E-state index contributed by atoms with van der Waals surface area (Å²) in [6, 6.07) is 28.1. The van der Waals surface area contributed by atoms with Crippen LogP contribution in [0.15, 0.2) is 102 Å². The molecule has 5 rings (SSSR count). The van der Waals surface area contributed by atoms with Crippen molar-refractivity contribution in [1.29, 1.82) is 0 Å². The Balaban J connectivity index is 1.34. The van der Waals surface area contributed by atoms with Crippen LogP contribution in [0.3, 0.4) is 0 Å². The highest BCUT2D eigenvalue weighted by Crippen LogP contribution is 2.32. The second-order valence-electron chi connectivity index (χ2n) is 8.01. The monoisotopic (exact) mass is 447 g/mol. The molecule has 0 saturated heterocycles. The minimum absolute atomic E-state index is 0.132. The van der Waals surface area contributed by atoms with Crippen LogP contribution in [0.25, 0.3) is 33.3 Å². The summed E-state index contributed by atoms with van der Waals surface area (Å²) in [5.74, 6) is 0.882. The molecule has 3 N–H and O–H groups in total. The van der Waals surface area contributed by atoms with Gasteiger partial charge in [0.25, 0.3) is 5.56 Å². The number of benzene rings is 2. The first kappa shape index (κ1) is 21.6. The minimum Gasteiger partial charge on any atom is -0.369 e. The molecule has 6 heteroatoms. The summed E-state index contributed by atoms with van der Waals surface area (Å²) >= 11 is 0. The number of pyridine rings is 3. The van der Waals surface area contributed by atoms with Crippen LogP contribution in [0.1, 0.15) is 5.56 Å². The van der Waals surface area contributed by atoms with Crippen molar-refractivity contribution in [2.45, 2.75) is 6.54 Å². The van der Waals surface area contributed by atoms with Gasteiger partial charge in [-0.3, -0.25) is 4.79 Å². The molecule has 0 radical (unpaired) electrons. The van der Waals surface area contributed by atoms with Crippen LogP contribution < -0.4 is 16.2 Å². The minimum atomic E-state index is -0.132. The number of anilines is 1. The predicted molar refractivity (Wildman–Crippen MR) is 138 cm³/mol. The standard InChI is InChI=1S/C28H25N5O/c34-28-24-18-23(21-6-2-1-3-7-21)27(33-25(24)13-15-32-28)22-11-9-20(10-12-22)19-29-16-17-31-26-8-4-5-14-30-26/h1-15,18,29H,16-17,19H2,(H,30,31)(H,32,34). The SMILES string of the molecule is O=c1[nH]ccc2nc(-c3ccc(CNCCNc4ccccn4)cc3)c(-c3ccccc3)cc12. The number of rotatable bonds is 8. The van der Waals surface area contributed by atoms with Crippen LogP contribution in [0, 0.1) is 0 Å². The summed E-state index contributed by atoms with van der Waals surface area (Å²) in [6.07, 6.45) is 3.42. The number of nitrogens with zero attached hydrogens (tertiary/aromatic N) is 2. The van der Waals surface area contributed by atoms with Crippen molar-refractivity contribution in [3.05, 3.63) is 113 Å². The third-order valence-corrected chi connectivity index (χ3v) is 5.67. The second-order valence-corrected chi connectivity index (χ2v) is 8.01. The Hall–Kier alpha value is -4.29. The van der Waals surface area contributed by atoms with Gasteiger partial charge in [0.05, 0.1) is 16.6 Å². The number of H-pyrrole nitrogens is 1. The molecule has 3 aromatic heterocycles. The van der Waals surface area contributed by atoms with Gasteiger partial charge >= 0.3 is 0 Å². The molecule has 168 valence electrons. The molecule has 0 amide bonds. The van der Waals surface area contributed by atoms with E-state index in [0.717, 1.165) is 47.8 Å². The van der Waals surface area contributed by atoms with Gasteiger partial charge in [0.2, 0.25) is 0 Å². The average molecular weight is 448 g/mol. The van der Waals surface area contributed by atoms with Crippen LogP contribution in [-0.4, -0.2) is 28.0 Å². The van der Waals surface area contributed by atoms with Crippen LogP contribution in [0.4, 0.5) is 5.82 Å². The van der Waals surface area contributed by atoms with E-state index in [0.29, 0.717) is 10.9 Å². The highest BCUT2D eigenvalue weighted by atomic mass is 16.1. The molecule has 0 aliphatic rings. The Bertz CT molecular complexity index is 1430. The molecule has 2 aromatic carbocycles. The summed E-state index contributed by atoms with van der Waals surface area (Å²) in [7, 11) is 0. The number of fused-ring (bicyclic) bond motifs is 1. The van der Waals surface area contributed by atoms with Crippen LogP contribution in [-0.2, 0) is 6.54 Å². The summed E-state index contributed by atoms with van der Waals surface area (Å²) in [6.45, 7) is 2.41. The van der Waals surface area contributed by atoms with Crippen molar-refractivity contribution in [3.63, 3.8) is 0 Å². The first-order chi connectivity index (χ1) is 16.8. The first-order valence-electron chi connectivity index (χ1n) is 11.3. The van der Waals surface area contributed by atoms with Gasteiger partial charge in [0, 0.05) is 43.2 Å². The summed E-state index contributed by atoms with van der Waals surface area (Å²) < 4.78 is 0. The van der Waals surface area contributed by atoms with Crippen molar-refractivity contribution in [1.82, 2.24) is 20.3 Å². The van der Waals surface area contributed by atoms with E-state index < -0.39 is 0 Å². The number of hydrogen-bond acceptors (Lipinski definition) is 5. The fourth-order valence-electron chi connectivity index (χ4n) is 3.93. The topological polar surface area (TPSA) is 82.7 Å².